The van der Waals surface area contributed by atoms with Crippen LogP contribution in [0.5, 0.6) is 0 Å². The number of nitrogens with zero attached hydrogens (tertiary/aromatic N) is 5. The van der Waals surface area contributed by atoms with Crippen LogP contribution in [0.2, 0.25) is 0 Å². The van der Waals surface area contributed by atoms with Crippen molar-refractivity contribution in [2.75, 3.05) is 0 Å². The van der Waals surface area contributed by atoms with Gasteiger partial charge in [-0.3, -0.25) is 0 Å². The molecule has 0 atom stereocenters. The smallest absolute Gasteiger partial charge is 0.165 e. The summed E-state index contributed by atoms with van der Waals surface area (Å²) in [5, 5.41) is 5.55. The van der Waals surface area contributed by atoms with E-state index in [4.69, 9.17) is 29.3 Å². The molecule has 0 aliphatic carbocycles. The minimum absolute atomic E-state index is 0.600. The molecule has 0 N–H and O–H groups in total. The highest BCUT2D eigenvalue weighted by molar-refractivity contribution is 7.26. The molecule has 266 valence electrons. The summed E-state index contributed by atoms with van der Waals surface area (Å²) in [7, 11) is 0. The molecule has 0 saturated carbocycles. The molecule has 0 unspecified atom stereocenters. The van der Waals surface area contributed by atoms with Crippen LogP contribution < -0.4 is 0 Å². The molecule has 0 amide bonds. The third-order valence-corrected chi connectivity index (χ3v) is 13.0. The van der Waals surface area contributed by atoms with E-state index in [1.54, 1.807) is 22.7 Å². The van der Waals surface area contributed by atoms with Crippen LogP contribution in [-0.2, 0) is 0 Å². The van der Waals surface area contributed by atoms with E-state index in [1.165, 1.54) is 20.2 Å². The van der Waals surface area contributed by atoms with Gasteiger partial charge in [0, 0.05) is 68.8 Å². The first-order chi connectivity index (χ1) is 28.2. The maximum absolute atomic E-state index is 6.52. The Kier molecular flexibility index (Phi) is 7.17. The van der Waals surface area contributed by atoms with Crippen molar-refractivity contribution in [3.8, 4) is 56.8 Å². The maximum Gasteiger partial charge on any atom is 0.165 e. The highest BCUT2D eigenvalue weighted by Crippen LogP contribution is 2.42. The average molecular weight is 766 g/mol. The van der Waals surface area contributed by atoms with Crippen LogP contribution in [-0.4, -0.2) is 24.9 Å². The van der Waals surface area contributed by atoms with Gasteiger partial charge in [-0.15, -0.1) is 22.7 Å². The third kappa shape index (κ3) is 5.26. The molecule has 5 aromatic heterocycles. The van der Waals surface area contributed by atoms with E-state index in [-0.39, 0.29) is 0 Å². The molecule has 0 aliphatic heterocycles. The second-order valence-corrected chi connectivity index (χ2v) is 16.1. The Morgan fingerprint density at radius 2 is 0.965 bits per heavy atom. The van der Waals surface area contributed by atoms with Gasteiger partial charge in [-0.1, -0.05) is 115 Å². The van der Waals surface area contributed by atoms with Gasteiger partial charge in [-0.25, -0.2) is 24.9 Å². The first-order valence-corrected chi connectivity index (χ1v) is 20.3. The van der Waals surface area contributed by atoms with E-state index in [2.05, 4.69) is 115 Å². The van der Waals surface area contributed by atoms with E-state index in [0.29, 0.717) is 23.3 Å². The summed E-state index contributed by atoms with van der Waals surface area (Å²) >= 11 is 3.50. The zero-order chi connectivity index (χ0) is 37.5. The van der Waals surface area contributed by atoms with Gasteiger partial charge in [0.15, 0.2) is 23.3 Å². The van der Waals surface area contributed by atoms with Crippen LogP contribution >= 0.6 is 22.7 Å². The Balaban J connectivity index is 1.00. The summed E-state index contributed by atoms with van der Waals surface area (Å²) < 4.78 is 11.2. The number of rotatable bonds is 5. The lowest BCUT2D eigenvalue weighted by atomic mass is 10.1. The molecule has 5 heterocycles. The zero-order valence-corrected chi connectivity index (χ0v) is 31.7. The summed E-state index contributed by atoms with van der Waals surface area (Å²) in [6, 6.07) is 56.2. The minimum atomic E-state index is 0.600. The normalized spacial score (nSPS) is 11.9. The van der Waals surface area contributed by atoms with Crippen molar-refractivity contribution in [1.82, 2.24) is 24.9 Å². The van der Waals surface area contributed by atoms with Crippen LogP contribution in [0.4, 0.5) is 0 Å². The molecule has 0 spiro atoms. The first-order valence-electron chi connectivity index (χ1n) is 18.7. The lowest BCUT2D eigenvalue weighted by molar-refractivity contribution is 0.669. The fourth-order valence-corrected chi connectivity index (χ4v) is 10.2. The molecule has 8 heteroatoms. The second kappa shape index (κ2) is 12.7. The van der Waals surface area contributed by atoms with Crippen LogP contribution in [0.3, 0.4) is 0 Å². The van der Waals surface area contributed by atoms with Gasteiger partial charge in [0.2, 0.25) is 0 Å². The van der Waals surface area contributed by atoms with Crippen molar-refractivity contribution >= 4 is 85.1 Å². The fraction of sp³-hybridized carbons (Fsp3) is 0. The highest BCUT2D eigenvalue weighted by atomic mass is 32.1. The Morgan fingerprint density at radius 1 is 0.351 bits per heavy atom. The molecular formula is C49H27N5OS2. The number of hydrogen-bond acceptors (Lipinski definition) is 8. The molecule has 0 aliphatic rings. The van der Waals surface area contributed by atoms with E-state index in [9.17, 15) is 0 Å². The molecule has 0 fully saturated rings. The van der Waals surface area contributed by atoms with Gasteiger partial charge in [0.1, 0.15) is 11.2 Å². The van der Waals surface area contributed by atoms with Gasteiger partial charge in [-0.05, 0) is 48.5 Å². The van der Waals surface area contributed by atoms with Gasteiger partial charge >= 0.3 is 0 Å². The molecule has 57 heavy (non-hydrogen) atoms. The molecule has 0 saturated heterocycles. The summed E-state index contributed by atoms with van der Waals surface area (Å²) in [5.74, 6) is 2.53. The number of hydrogen-bond donors (Lipinski definition) is 0. The maximum atomic E-state index is 6.52. The lowest BCUT2D eigenvalue weighted by Gasteiger charge is -2.09. The van der Waals surface area contributed by atoms with E-state index < -0.39 is 0 Å². The number of aromatic nitrogens is 5. The monoisotopic (exact) mass is 765 g/mol. The Hall–Kier alpha value is -7.13. The third-order valence-electron chi connectivity index (χ3n) is 10.6. The minimum Gasteiger partial charge on any atom is -0.456 e. The fourth-order valence-electron chi connectivity index (χ4n) is 7.83. The molecule has 6 nitrogen and oxygen atoms in total. The van der Waals surface area contributed by atoms with Gasteiger partial charge < -0.3 is 4.42 Å². The van der Waals surface area contributed by atoms with Crippen molar-refractivity contribution in [3.63, 3.8) is 0 Å². The summed E-state index contributed by atoms with van der Waals surface area (Å²) in [6.45, 7) is 0. The summed E-state index contributed by atoms with van der Waals surface area (Å²) in [6.07, 6.45) is 0. The standard InChI is InChI=1S/C49H27N5OS2/c1-3-12-28(13-4-1)42-45-43(35-17-8-10-21-41(35)57-45)51-47(50-42)31-22-24-32-37-26-30(23-25-38(37)55-39(32)27-31)48-52-46(29-14-5-2-6-15-29)53-49(54-48)36-19-11-18-34-33-16-7-9-20-40(33)56-44(34)36/h1-27H. The summed E-state index contributed by atoms with van der Waals surface area (Å²) in [5.41, 5.74) is 8.19. The van der Waals surface area contributed by atoms with E-state index in [1.807, 2.05) is 48.5 Å². The van der Waals surface area contributed by atoms with Crippen LogP contribution in [0.1, 0.15) is 0 Å². The second-order valence-electron chi connectivity index (χ2n) is 14.0. The molecule has 12 rings (SSSR count). The summed E-state index contributed by atoms with van der Waals surface area (Å²) in [4.78, 5) is 25.6. The quantitative estimate of drug-likeness (QED) is 0.174. The number of benzene rings is 7. The van der Waals surface area contributed by atoms with E-state index >= 15 is 0 Å². The number of thiophene rings is 2. The Labute approximate surface area is 333 Å². The SMILES string of the molecule is c1ccc(-c2nc(-c3ccc4oc5cc(-c6nc(-c7ccccc7)c7sc8ccccc8c7n6)ccc5c4c3)nc(-c3cccc4c3sc3ccccc34)n2)cc1. The topological polar surface area (TPSA) is 77.6 Å². The van der Waals surface area contributed by atoms with Crippen LogP contribution in [0, 0.1) is 0 Å². The van der Waals surface area contributed by atoms with Gasteiger partial charge in [0.25, 0.3) is 0 Å². The molecule has 0 bridgehead atoms. The Bertz CT molecular complexity index is 3540. The average Bonchev–Trinajstić information content (AvgIpc) is 3.97. The first kappa shape index (κ1) is 32.1. The van der Waals surface area contributed by atoms with Crippen LogP contribution in [0.25, 0.3) is 119 Å². The predicted octanol–water partition coefficient (Wildman–Crippen LogP) is 13.6. The van der Waals surface area contributed by atoms with Crippen molar-refractivity contribution in [2.24, 2.45) is 0 Å². The van der Waals surface area contributed by atoms with Crippen molar-refractivity contribution in [2.45, 2.75) is 0 Å². The molecular weight excluding hydrogens is 739 g/mol. The van der Waals surface area contributed by atoms with Crippen LogP contribution in [0.15, 0.2) is 168 Å². The zero-order valence-electron chi connectivity index (χ0n) is 30.0. The number of fused-ring (bicyclic) bond motifs is 9. The highest BCUT2D eigenvalue weighted by Gasteiger charge is 2.20. The van der Waals surface area contributed by atoms with E-state index in [0.717, 1.165) is 75.8 Å². The van der Waals surface area contributed by atoms with Crippen molar-refractivity contribution < 1.29 is 4.42 Å². The lowest BCUT2D eigenvalue weighted by Crippen LogP contribution is -2.00. The predicted molar refractivity (Wildman–Crippen MR) is 236 cm³/mol. The number of furan rings is 1. The molecule has 0 radical (unpaired) electrons. The van der Waals surface area contributed by atoms with Crippen molar-refractivity contribution in [3.05, 3.63) is 164 Å². The Morgan fingerprint density at radius 3 is 1.79 bits per heavy atom. The van der Waals surface area contributed by atoms with Gasteiger partial charge in [-0.2, -0.15) is 0 Å². The largest absolute Gasteiger partial charge is 0.456 e. The van der Waals surface area contributed by atoms with Gasteiger partial charge in [0.05, 0.1) is 15.9 Å². The molecule has 12 aromatic rings. The molecule has 7 aromatic carbocycles. The van der Waals surface area contributed by atoms with Crippen molar-refractivity contribution in [1.29, 1.82) is 0 Å².